The summed E-state index contributed by atoms with van der Waals surface area (Å²) in [7, 11) is 0. The number of ether oxygens (including phenoxy) is 1. The van der Waals surface area contributed by atoms with Crippen molar-refractivity contribution in [2.75, 3.05) is 6.61 Å². The molecule has 0 heterocycles. The first-order chi connectivity index (χ1) is 11.8. The van der Waals surface area contributed by atoms with Crippen molar-refractivity contribution in [1.82, 2.24) is 0 Å². The smallest absolute Gasteiger partial charge is 0.309 e. The highest BCUT2D eigenvalue weighted by atomic mass is 16.5. The van der Waals surface area contributed by atoms with Gasteiger partial charge >= 0.3 is 5.97 Å². The molecule has 2 rings (SSSR count). The predicted molar refractivity (Wildman–Crippen MR) is 100 cm³/mol. The molecule has 1 aliphatic rings. The Labute approximate surface area is 148 Å². The van der Waals surface area contributed by atoms with Gasteiger partial charge in [0.25, 0.3) is 0 Å². The summed E-state index contributed by atoms with van der Waals surface area (Å²) >= 11 is 0. The second-order valence-electron chi connectivity index (χ2n) is 7.21. The summed E-state index contributed by atoms with van der Waals surface area (Å²) in [6.45, 7) is 2.87. The molecule has 24 heavy (non-hydrogen) atoms. The van der Waals surface area contributed by atoms with E-state index in [-0.39, 0.29) is 11.9 Å². The zero-order chi connectivity index (χ0) is 17.0. The Morgan fingerprint density at radius 1 is 0.917 bits per heavy atom. The standard InChI is InChI=1S/C22H34O2/c1-2-3-4-5-6-7-8-9-10-14-17-24-22(23)21-18-20(21)19-15-12-11-13-16-19/h11-13,15-16,20-21H,2-10,14,17-18H2,1H3. The number of hydrogen-bond acceptors (Lipinski definition) is 2. The van der Waals surface area contributed by atoms with Crippen molar-refractivity contribution in [3.05, 3.63) is 35.9 Å². The van der Waals surface area contributed by atoms with Gasteiger partial charge in [0.05, 0.1) is 12.5 Å². The normalized spacial score (nSPS) is 19.2. The molecule has 0 aliphatic heterocycles. The average Bonchev–Trinajstić information content (AvgIpc) is 3.41. The Bertz CT molecular complexity index is 454. The number of esters is 1. The van der Waals surface area contributed by atoms with Gasteiger partial charge in [-0.1, -0.05) is 95.0 Å². The number of unbranched alkanes of at least 4 members (excludes halogenated alkanes) is 9. The predicted octanol–water partition coefficient (Wildman–Crippen LogP) is 6.25. The second kappa shape index (κ2) is 11.3. The van der Waals surface area contributed by atoms with Crippen LogP contribution in [-0.2, 0) is 9.53 Å². The summed E-state index contributed by atoms with van der Waals surface area (Å²) in [4.78, 5) is 12.0. The number of carbonyl (C=O) groups is 1. The Hall–Kier alpha value is -1.31. The van der Waals surface area contributed by atoms with Gasteiger partial charge < -0.3 is 4.74 Å². The third-order valence-electron chi connectivity index (χ3n) is 5.06. The van der Waals surface area contributed by atoms with E-state index in [0.717, 1.165) is 12.8 Å². The highest BCUT2D eigenvalue weighted by molar-refractivity contribution is 5.77. The maximum Gasteiger partial charge on any atom is 0.309 e. The highest BCUT2D eigenvalue weighted by Crippen LogP contribution is 2.48. The summed E-state index contributed by atoms with van der Waals surface area (Å²) in [6, 6.07) is 10.3. The van der Waals surface area contributed by atoms with Gasteiger partial charge in [0.2, 0.25) is 0 Å². The molecule has 0 spiro atoms. The van der Waals surface area contributed by atoms with E-state index in [2.05, 4.69) is 19.1 Å². The van der Waals surface area contributed by atoms with Crippen molar-refractivity contribution < 1.29 is 9.53 Å². The summed E-state index contributed by atoms with van der Waals surface area (Å²) in [5.41, 5.74) is 1.28. The molecule has 1 saturated carbocycles. The average molecular weight is 331 g/mol. The van der Waals surface area contributed by atoms with E-state index in [1.54, 1.807) is 0 Å². The highest BCUT2D eigenvalue weighted by Gasteiger charge is 2.44. The van der Waals surface area contributed by atoms with Gasteiger partial charge in [0, 0.05) is 0 Å². The van der Waals surface area contributed by atoms with E-state index in [1.165, 1.54) is 63.4 Å². The fraction of sp³-hybridized carbons (Fsp3) is 0.682. The summed E-state index contributed by atoms with van der Waals surface area (Å²) in [5, 5.41) is 0. The Morgan fingerprint density at radius 2 is 1.50 bits per heavy atom. The SMILES string of the molecule is CCCCCCCCCCCCOC(=O)C1CC1c1ccccc1. The molecule has 0 amide bonds. The first-order valence-corrected chi connectivity index (χ1v) is 10.0. The van der Waals surface area contributed by atoms with Crippen LogP contribution < -0.4 is 0 Å². The van der Waals surface area contributed by atoms with E-state index in [1.807, 2.05) is 18.2 Å². The molecular formula is C22H34O2. The van der Waals surface area contributed by atoms with Gasteiger partial charge in [-0.2, -0.15) is 0 Å². The first kappa shape index (κ1) is 19.0. The molecule has 1 aromatic rings. The zero-order valence-corrected chi connectivity index (χ0v) is 15.3. The number of benzene rings is 1. The van der Waals surface area contributed by atoms with Crippen molar-refractivity contribution in [3.8, 4) is 0 Å². The molecule has 134 valence electrons. The maximum absolute atomic E-state index is 12.0. The van der Waals surface area contributed by atoms with Gasteiger partial charge in [0.15, 0.2) is 0 Å². The van der Waals surface area contributed by atoms with Crippen LogP contribution in [0.25, 0.3) is 0 Å². The van der Waals surface area contributed by atoms with Gasteiger partial charge in [-0.25, -0.2) is 0 Å². The molecule has 1 fully saturated rings. The van der Waals surface area contributed by atoms with Crippen LogP contribution in [0.4, 0.5) is 0 Å². The van der Waals surface area contributed by atoms with Gasteiger partial charge in [-0.05, 0) is 24.3 Å². The lowest BCUT2D eigenvalue weighted by molar-refractivity contribution is -0.145. The second-order valence-corrected chi connectivity index (χ2v) is 7.21. The molecule has 0 saturated heterocycles. The zero-order valence-electron chi connectivity index (χ0n) is 15.3. The summed E-state index contributed by atoms with van der Waals surface area (Å²) < 4.78 is 5.45. The summed E-state index contributed by atoms with van der Waals surface area (Å²) in [6.07, 6.45) is 14.0. The molecule has 0 aromatic heterocycles. The number of rotatable bonds is 13. The Morgan fingerprint density at radius 3 is 2.12 bits per heavy atom. The monoisotopic (exact) mass is 330 g/mol. The largest absolute Gasteiger partial charge is 0.465 e. The topological polar surface area (TPSA) is 26.3 Å². The molecule has 2 unspecified atom stereocenters. The fourth-order valence-corrected chi connectivity index (χ4v) is 3.39. The third kappa shape index (κ3) is 7.07. The lowest BCUT2D eigenvalue weighted by Crippen LogP contribution is -2.09. The van der Waals surface area contributed by atoms with Crippen LogP contribution in [0.15, 0.2) is 30.3 Å². The molecule has 2 nitrogen and oxygen atoms in total. The molecule has 0 N–H and O–H groups in total. The van der Waals surface area contributed by atoms with Crippen LogP contribution in [-0.4, -0.2) is 12.6 Å². The van der Waals surface area contributed by atoms with Gasteiger partial charge in [-0.15, -0.1) is 0 Å². The van der Waals surface area contributed by atoms with Crippen molar-refractivity contribution in [1.29, 1.82) is 0 Å². The van der Waals surface area contributed by atoms with Crippen LogP contribution in [0.5, 0.6) is 0 Å². The first-order valence-electron chi connectivity index (χ1n) is 10.0. The van der Waals surface area contributed by atoms with Crippen LogP contribution >= 0.6 is 0 Å². The third-order valence-corrected chi connectivity index (χ3v) is 5.06. The minimum atomic E-state index is 0.0137. The van der Waals surface area contributed by atoms with Crippen LogP contribution in [0.3, 0.4) is 0 Å². The molecule has 0 bridgehead atoms. The van der Waals surface area contributed by atoms with Crippen molar-refractivity contribution in [2.45, 2.75) is 83.5 Å². The van der Waals surface area contributed by atoms with Crippen molar-refractivity contribution >= 4 is 5.97 Å². The van der Waals surface area contributed by atoms with E-state index in [4.69, 9.17) is 4.74 Å². The van der Waals surface area contributed by atoms with Gasteiger partial charge in [0.1, 0.15) is 0 Å². The van der Waals surface area contributed by atoms with E-state index in [9.17, 15) is 4.79 Å². The van der Waals surface area contributed by atoms with Crippen molar-refractivity contribution in [3.63, 3.8) is 0 Å². The minimum Gasteiger partial charge on any atom is -0.465 e. The van der Waals surface area contributed by atoms with Gasteiger partial charge in [-0.3, -0.25) is 4.79 Å². The van der Waals surface area contributed by atoms with Crippen LogP contribution in [0, 0.1) is 5.92 Å². The minimum absolute atomic E-state index is 0.0137. The number of carbonyl (C=O) groups excluding carboxylic acids is 1. The molecule has 2 heteroatoms. The van der Waals surface area contributed by atoms with E-state index in [0.29, 0.717) is 12.5 Å². The van der Waals surface area contributed by atoms with Crippen LogP contribution in [0.2, 0.25) is 0 Å². The quantitative estimate of drug-likeness (QED) is 0.315. The van der Waals surface area contributed by atoms with E-state index < -0.39 is 0 Å². The lowest BCUT2D eigenvalue weighted by atomic mass is 10.1. The van der Waals surface area contributed by atoms with Crippen LogP contribution in [0.1, 0.15) is 89.0 Å². The molecule has 1 aromatic carbocycles. The Kier molecular flexibility index (Phi) is 8.94. The lowest BCUT2D eigenvalue weighted by Gasteiger charge is -2.05. The Balaban J connectivity index is 1.41. The molecule has 0 radical (unpaired) electrons. The maximum atomic E-state index is 12.0. The molecule has 1 aliphatic carbocycles. The fourth-order valence-electron chi connectivity index (χ4n) is 3.39. The van der Waals surface area contributed by atoms with Crippen molar-refractivity contribution in [2.24, 2.45) is 5.92 Å². The molecular weight excluding hydrogens is 296 g/mol. The molecule has 2 atom stereocenters. The number of hydrogen-bond donors (Lipinski definition) is 0. The van der Waals surface area contributed by atoms with E-state index >= 15 is 0 Å². The summed E-state index contributed by atoms with van der Waals surface area (Å²) in [5.74, 6) is 0.515.